The molecule has 0 spiro atoms. The zero-order valence-electron chi connectivity index (χ0n) is 13.1. The Morgan fingerprint density at radius 2 is 1.48 bits per heavy atom. The SMILES string of the molecule is COc1ccc(-c2noc(-c3c(OC)cccc3OC)n2)cc1. The van der Waals surface area contributed by atoms with E-state index in [4.69, 9.17) is 18.7 Å². The predicted molar refractivity (Wildman–Crippen MR) is 84.8 cm³/mol. The highest BCUT2D eigenvalue weighted by Crippen LogP contribution is 2.37. The molecule has 0 N–H and O–H groups in total. The van der Waals surface area contributed by atoms with Crippen molar-refractivity contribution in [2.75, 3.05) is 21.3 Å². The van der Waals surface area contributed by atoms with Crippen molar-refractivity contribution in [3.63, 3.8) is 0 Å². The summed E-state index contributed by atoms with van der Waals surface area (Å²) >= 11 is 0. The second-order valence-corrected chi connectivity index (χ2v) is 4.69. The van der Waals surface area contributed by atoms with E-state index in [1.54, 1.807) is 21.3 Å². The molecule has 0 radical (unpaired) electrons. The van der Waals surface area contributed by atoms with Gasteiger partial charge < -0.3 is 18.7 Å². The Kier molecular flexibility index (Phi) is 4.14. The van der Waals surface area contributed by atoms with Crippen LogP contribution in [0.1, 0.15) is 0 Å². The van der Waals surface area contributed by atoms with Crippen LogP contribution in [0.15, 0.2) is 47.0 Å². The quantitative estimate of drug-likeness (QED) is 0.719. The Morgan fingerprint density at radius 3 is 2.04 bits per heavy atom. The molecule has 0 aliphatic rings. The van der Waals surface area contributed by atoms with Gasteiger partial charge in [-0.2, -0.15) is 4.98 Å². The Morgan fingerprint density at radius 1 is 0.826 bits per heavy atom. The van der Waals surface area contributed by atoms with Crippen LogP contribution in [0.25, 0.3) is 22.8 Å². The van der Waals surface area contributed by atoms with E-state index in [0.717, 1.165) is 11.3 Å². The van der Waals surface area contributed by atoms with Gasteiger partial charge in [-0.25, -0.2) is 0 Å². The number of hydrogen-bond donors (Lipinski definition) is 0. The van der Waals surface area contributed by atoms with Crippen molar-refractivity contribution in [2.24, 2.45) is 0 Å². The molecule has 6 nitrogen and oxygen atoms in total. The first-order chi connectivity index (χ1) is 11.3. The van der Waals surface area contributed by atoms with Gasteiger partial charge in [0.1, 0.15) is 22.8 Å². The fourth-order valence-corrected chi connectivity index (χ4v) is 2.24. The second kappa shape index (κ2) is 6.39. The van der Waals surface area contributed by atoms with Crippen molar-refractivity contribution in [2.45, 2.75) is 0 Å². The topological polar surface area (TPSA) is 66.6 Å². The Hall–Kier alpha value is -3.02. The molecule has 0 aliphatic carbocycles. The third kappa shape index (κ3) is 2.83. The van der Waals surface area contributed by atoms with Gasteiger partial charge in [-0.15, -0.1) is 0 Å². The molecule has 1 aromatic heterocycles. The molecule has 6 heteroatoms. The van der Waals surface area contributed by atoms with Gasteiger partial charge in [0.2, 0.25) is 5.82 Å². The van der Waals surface area contributed by atoms with Gasteiger partial charge in [-0.1, -0.05) is 11.2 Å². The molecule has 0 atom stereocenters. The molecule has 0 unspecified atom stereocenters. The summed E-state index contributed by atoms with van der Waals surface area (Å²) in [5.74, 6) is 2.80. The first-order valence-electron chi connectivity index (χ1n) is 6.96. The summed E-state index contributed by atoms with van der Waals surface area (Å²) in [5, 5.41) is 4.03. The lowest BCUT2D eigenvalue weighted by Crippen LogP contribution is -1.93. The minimum atomic E-state index is 0.338. The zero-order chi connectivity index (χ0) is 16.2. The molecule has 0 aliphatic heterocycles. The van der Waals surface area contributed by atoms with E-state index in [1.165, 1.54) is 0 Å². The molecule has 0 saturated heterocycles. The van der Waals surface area contributed by atoms with E-state index in [0.29, 0.717) is 28.8 Å². The lowest BCUT2D eigenvalue weighted by atomic mass is 10.1. The number of nitrogens with zero attached hydrogens (tertiary/aromatic N) is 2. The van der Waals surface area contributed by atoms with Crippen LogP contribution in [0.3, 0.4) is 0 Å². The second-order valence-electron chi connectivity index (χ2n) is 4.69. The van der Waals surface area contributed by atoms with E-state index in [1.807, 2.05) is 42.5 Å². The lowest BCUT2D eigenvalue weighted by Gasteiger charge is -2.09. The van der Waals surface area contributed by atoms with Gasteiger partial charge in [-0.05, 0) is 36.4 Å². The molecule has 0 bridgehead atoms. The number of ether oxygens (including phenoxy) is 3. The number of rotatable bonds is 5. The van der Waals surface area contributed by atoms with Gasteiger partial charge in [0.25, 0.3) is 5.89 Å². The van der Waals surface area contributed by atoms with Crippen molar-refractivity contribution >= 4 is 0 Å². The molecule has 1 heterocycles. The fourth-order valence-electron chi connectivity index (χ4n) is 2.24. The van der Waals surface area contributed by atoms with Crippen LogP contribution in [-0.2, 0) is 0 Å². The molecule has 23 heavy (non-hydrogen) atoms. The first-order valence-corrected chi connectivity index (χ1v) is 6.96. The molecule has 0 fully saturated rings. The molecule has 0 saturated carbocycles. The summed E-state index contributed by atoms with van der Waals surface area (Å²) in [6.45, 7) is 0. The molecular formula is C17H16N2O4. The smallest absolute Gasteiger partial charge is 0.265 e. The van der Waals surface area contributed by atoms with Crippen LogP contribution in [0.5, 0.6) is 17.2 Å². The van der Waals surface area contributed by atoms with Crippen molar-refractivity contribution in [1.29, 1.82) is 0 Å². The van der Waals surface area contributed by atoms with Crippen LogP contribution in [0, 0.1) is 0 Å². The summed E-state index contributed by atoms with van der Waals surface area (Å²) < 4.78 is 21.3. The Balaban J connectivity index is 2.02. The van der Waals surface area contributed by atoms with Crippen LogP contribution in [-0.4, -0.2) is 31.5 Å². The maximum atomic E-state index is 5.39. The van der Waals surface area contributed by atoms with Crippen LogP contribution in [0.2, 0.25) is 0 Å². The molecule has 2 aromatic carbocycles. The van der Waals surface area contributed by atoms with E-state index >= 15 is 0 Å². The number of hydrogen-bond acceptors (Lipinski definition) is 6. The van der Waals surface area contributed by atoms with E-state index in [9.17, 15) is 0 Å². The van der Waals surface area contributed by atoms with E-state index < -0.39 is 0 Å². The van der Waals surface area contributed by atoms with Crippen LogP contribution >= 0.6 is 0 Å². The van der Waals surface area contributed by atoms with Gasteiger partial charge in [-0.3, -0.25) is 0 Å². The number of benzene rings is 2. The van der Waals surface area contributed by atoms with Crippen molar-refractivity contribution in [1.82, 2.24) is 10.1 Å². The standard InChI is InChI=1S/C17H16N2O4/c1-20-12-9-7-11(8-10-12)16-18-17(23-19-16)15-13(21-2)5-4-6-14(15)22-3/h4-10H,1-3H3. The average molecular weight is 312 g/mol. The molecular weight excluding hydrogens is 296 g/mol. The lowest BCUT2D eigenvalue weighted by molar-refractivity contribution is 0.386. The molecule has 3 rings (SSSR count). The minimum Gasteiger partial charge on any atom is -0.497 e. The molecule has 118 valence electrons. The fraction of sp³-hybridized carbons (Fsp3) is 0.176. The van der Waals surface area contributed by atoms with Crippen LogP contribution in [0.4, 0.5) is 0 Å². The predicted octanol–water partition coefficient (Wildman–Crippen LogP) is 3.43. The van der Waals surface area contributed by atoms with Crippen molar-refractivity contribution in [3.8, 4) is 40.1 Å². The number of aromatic nitrogens is 2. The third-order valence-electron chi connectivity index (χ3n) is 3.42. The molecule has 3 aromatic rings. The van der Waals surface area contributed by atoms with Gasteiger partial charge in [0.15, 0.2) is 0 Å². The average Bonchev–Trinajstić information content (AvgIpc) is 3.10. The third-order valence-corrected chi connectivity index (χ3v) is 3.42. The summed E-state index contributed by atoms with van der Waals surface area (Å²) in [6, 6.07) is 12.9. The maximum Gasteiger partial charge on any atom is 0.265 e. The van der Waals surface area contributed by atoms with E-state index in [2.05, 4.69) is 10.1 Å². The van der Waals surface area contributed by atoms with Gasteiger partial charge in [0, 0.05) is 5.56 Å². The first kappa shape index (κ1) is 14.9. The highest BCUT2D eigenvalue weighted by atomic mass is 16.5. The summed E-state index contributed by atoms with van der Waals surface area (Å²) in [4.78, 5) is 4.44. The monoisotopic (exact) mass is 312 g/mol. The minimum absolute atomic E-state index is 0.338. The largest absolute Gasteiger partial charge is 0.497 e. The van der Waals surface area contributed by atoms with Crippen molar-refractivity contribution < 1.29 is 18.7 Å². The Labute approximate surface area is 133 Å². The number of methoxy groups -OCH3 is 3. The summed E-state index contributed by atoms with van der Waals surface area (Å²) in [7, 11) is 4.79. The summed E-state index contributed by atoms with van der Waals surface area (Å²) in [6.07, 6.45) is 0. The van der Waals surface area contributed by atoms with Gasteiger partial charge >= 0.3 is 0 Å². The highest BCUT2D eigenvalue weighted by molar-refractivity contribution is 5.72. The highest BCUT2D eigenvalue weighted by Gasteiger charge is 2.19. The zero-order valence-corrected chi connectivity index (χ0v) is 13.1. The van der Waals surface area contributed by atoms with Crippen LogP contribution < -0.4 is 14.2 Å². The van der Waals surface area contributed by atoms with Crippen molar-refractivity contribution in [3.05, 3.63) is 42.5 Å². The summed E-state index contributed by atoms with van der Waals surface area (Å²) in [5.41, 5.74) is 1.46. The Bertz CT molecular complexity index is 774. The van der Waals surface area contributed by atoms with Gasteiger partial charge in [0.05, 0.1) is 21.3 Å². The molecule has 0 amide bonds. The maximum absolute atomic E-state index is 5.39. The van der Waals surface area contributed by atoms with E-state index in [-0.39, 0.29) is 0 Å². The normalized spacial score (nSPS) is 10.4.